The van der Waals surface area contributed by atoms with Gasteiger partial charge < -0.3 is 10.6 Å². The van der Waals surface area contributed by atoms with Crippen molar-refractivity contribution in [3.8, 4) is 0 Å². The van der Waals surface area contributed by atoms with Gasteiger partial charge in [0.25, 0.3) is 5.91 Å². The first-order valence-electron chi connectivity index (χ1n) is 9.36. The number of nitrogens with two attached hydrogens (primary N) is 1. The third-order valence-electron chi connectivity index (χ3n) is 4.84. The maximum atomic E-state index is 13.1. The first-order chi connectivity index (χ1) is 12.6. The third kappa shape index (κ3) is 4.94. The number of thiophene rings is 1. The van der Waals surface area contributed by atoms with Gasteiger partial charge in [0.1, 0.15) is 0 Å². The number of benzene rings is 1. The fourth-order valence-electron chi connectivity index (χ4n) is 3.41. The van der Waals surface area contributed by atoms with Crippen LogP contribution in [0.2, 0.25) is 0 Å². The van der Waals surface area contributed by atoms with Crippen LogP contribution in [0.4, 0.5) is 0 Å². The Hall–Kier alpha value is -2.14. The highest BCUT2D eigenvalue weighted by atomic mass is 32.1. The molecule has 1 aliphatic carbocycles. The average molecular weight is 371 g/mol. The Morgan fingerprint density at radius 3 is 2.50 bits per heavy atom. The summed E-state index contributed by atoms with van der Waals surface area (Å²) in [5.41, 5.74) is 7.71. The van der Waals surface area contributed by atoms with Gasteiger partial charge in [-0.1, -0.05) is 43.2 Å². The second kappa shape index (κ2) is 8.99. The van der Waals surface area contributed by atoms with Crippen molar-refractivity contribution < 1.29 is 9.59 Å². The molecule has 1 aromatic heterocycles. The second-order valence-electron chi connectivity index (χ2n) is 6.90. The van der Waals surface area contributed by atoms with Crippen molar-refractivity contribution in [2.75, 3.05) is 6.54 Å². The molecule has 2 aromatic rings. The Bertz CT molecular complexity index is 729. The van der Waals surface area contributed by atoms with Crippen LogP contribution in [-0.4, -0.2) is 23.3 Å². The van der Waals surface area contributed by atoms with Crippen LogP contribution in [0.3, 0.4) is 0 Å². The Balaban J connectivity index is 1.79. The van der Waals surface area contributed by atoms with E-state index >= 15 is 0 Å². The highest BCUT2D eigenvalue weighted by Crippen LogP contribution is 2.29. The molecule has 0 fully saturated rings. The molecule has 4 nitrogen and oxygen atoms in total. The van der Waals surface area contributed by atoms with Crippen molar-refractivity contribution in [1.29, 1.82) is 0 Å². The van der Waals surface area contributed by atoms with E-state index in [0.717, 1.165) is 23.3 Å². The van der Waals surface area contributed by atoms with Gasteiger partial charge in [0, 0.05) is 24.4 Å². The number of hydrogen-bond donors (Lipinski definition) is 1. The summed E-state index contributed by atoms with van der Waals surface area (Å²) in [4.78, 5) is 28.3. The minimum Gasteiger partial charge on any atom is -0.370 e. The van der Waals surface area contributed by atoms with Gasteiger partial charge in [0.2, 0.25) is 5.91 Å². The lowest BCUT2D eigenvalue weighted by molar-refractivity contribution is -0.118. The van der Waals surface area contributed by atoms with Gasteiger partial charge in [-0.2, -0.15) is 0 Å². The molecular formula is C21H26N2O2S. The van der Waals surface area contributed by atoms with E-state index in [1.165, 1.54) is 36.1 Å². The predicted molar refractivity (Wildman–Crippen MR) is 105 cm³/mol. The second-order valence-corrected chi connectivity index (χ2v) is 8.04. The molecule has 1 aliphatic rings. The number of amides is 2. The number of hydrogen-bond acceptors (Lipinski definition) is 3. The summed E-state index contributed by atoms with van der Waals surface area (Å²) < 4.78 is 0. The van der Waals surface area contributed by atoms with Gasteiger partial charge in [-0.15, -0.1) is 11.3 Å². The first kappa shape index (κ1) is 18.6. The fourth-order valence-corrected chi connectivity index (χ4v) is 4.63. The zero-order valence-corrected chi connectivity index (χ0v) is 15.9. The smallest absolute Gasteiger partial charge is 0.264 e. The number of nitrogens with zero attached hydrogens (tertiary/aromatic N) is 1. The van der Waals surface area contributed by atoms with Gasteiger partial charge in [0.15, 0.2) is 0 Å². The zero-order chi connectivity index (χ0) is 18.4. The average Bonchev–Trinajstić information content (AvgIpc) is 3.01. The monoisotopic (exact) mass is 370 g/mol. The highest BCUT2D eigenvalue weighted by molar-refractivity contribution is 7.14. The highest BCUT2D eigenvalue weighted by Gasteiger charge is 2.21. The molecule has 0 radical (unpaired) electrons. The van der Waals surface area contributed by atoms with E-state index in [1.54, 1.807) is 16.2 Å². The maximum absolute atomic E-state index is 13.1. The molecule has 26 heavy (non-hydrogen) atoms. The minimum atomic E-state index is -0.380. The van der Waals surface area contributed by atoms with E-state index in [2.05, 4.69) is 6.07 Å². The molecule has 0 unspecified atom stereocenters. The van der Waals surface area contributed by atoms with Crippen molar-refractivity contribution in [1.82, 2.24) is 4.90 Å². The van der Waals surface area contributed by atoms with Crippen LogP contribution < -0.4 is 5.73 Å². The summed E-state index contributed by atoms with van der Waals surface area (Å²) in [6.45, 7) is 0.848. The maximum Gasteiger partial charge on any atom is 0.264 e. The molecule has 0 saturated heterocycles. The lowest BCUT2D eigenvalue weighted by atomic mass is 10.00. The number of carbonyl (C=O) groups excluding carboxylic acids is 2. The summed E-state index contributed by atoms with van der Waals surface area (Å²) in [5, 5.41) is 0. The summed E-state index contributed by atoms with van der Waals surface area (Å²) in [6.07, 6.45) is 7.29. The lowest BCUT2D eigenvalue weighted by Crippen LogP contribution is -2.33. The van der Waals surface area contributed by atoms with Crippen LogP contribution in [0.25, 0.3) is 0 Å². The molecule has 0 atom stereocenters. The van der Waals surface area contributed by atoms with Crippen molar-refractivity contribution in [3.05, 3.63) is 57.3 Å². The summed E-state index contributed by atoms with van der Waals surface area (Å²) in [5.74, 6) is -0.374. The van der Waals surface area contributed by atoms with Gasteiger partial charge in [-0.3, -0.25) is 9.59 Å². The Morgan fingerprint density at radius 1 is 1.04 bits per heavy atom. The largest absolute Gasteiger partial charge is 0.370 e. The Morgan fingerprint density at radius 2 is 1.77 bits per heavy atom. The standard InChI is InChI=1S/C21H26N2O2S/c22-20(24)12-13-23(15-16-8-4-3-5-9-16)21(25)19-14-17-10-6-1-2-7-11-18(17)26-19/h3-5,8-9,14H,1-2,6-7,10-13,15H2,(H2,22,24). The van der Waals surface area contributed by atoms with Crippen molar-refractivity contribution >= 4 is 23.2 Å². The quantitative estimate of drug-likeness (QED) is 0.837. The molecule has 0 bridgehead atoms. The molecule has 2 amide bonds. The van der Waals surface area contributed by atoms with E-state index in [0.29, 0.717) is 13.1 Å². The molecule has 0 aliphatic heterocycles. The van der Waals surface area contributed by atoms with E-state index in [9.17, 15) is 9.59 Å². The fraction of sp³-hybridized carbons (Fsp3) is 0.429. The minimum absolute atomic E-state index is 0.00634. The van der Waals surface area contributed by atoms with Crippen LogP contribution in [0.15, 0.2) is 36.4 Å². The molecular weight excluding hydrogens is 344 g/mol. The van der Waals surface area contributed by atoms with E-state index in [1.807, 2.05) is 30.3 Å². The number of fused-ring (bicyclic) bond motifs is 1. The van der Waals surface area contributed by atoms with Gasteiger partial charge in [0.05, 0.1) is 4.88 Å². The van der Waals surface area contributed by atoms with Gasteiger partial charge >= 0.3 is 0 Å². The molecule has 0 spiro atoms. The topological polar surface area (TPSA) is 63.4 Å². The van der Waals surface area contributed by atoms with Crippen molar-refractivity contribution in [2.45, 2.75) is 51.5 Å². The Kier molecular flexibility index (Phi) is 6.45. The van der Waals surface area contributed by atoms with E-state index < -0.39 is 0 Å². The lowest BCUT2D eigenvalue weighted by Gasteiger charge is -2.21. The van der Waals surface area contributed by atoms with Crippen LogP contribution in [-0.2, 0) is 24.2 Å². The predicted octanol–water partition coefficient (Wildman–Crippen LogP) is 3.92. The van der Waals surface area contributed by atoms with Gasteiger partial charge in [-0.05, 0) is 42.9 Å². The van der Waals surface area contributed by atoms with E-state index in [-0.39, 0.29) is 18.2 Å². The van der Waals surface area contributed by atoms with E-state index in [4.69, 9.17) is 5.73 Å². The molecule has 2 N–H and O–H groups in total. The van der Waals surface area contributed by atoms with Crippen LogP contribution in [0.1, 0.15) is 57.8 Å². The SMILES string of the molecule is NC(=O)CCN(Cc1ccccc1)C(=O)c1cc2c(s1)CCCCCC2. The molecule has 5 heteroatoms. The number of carbonyl (C=O) groups is 2. The molecule has 138 valence electrons. The Labute approximate surface area is 159 Å². The summed E-state index contributed by atoms with van der Waals surface area (Å²) in [7, 11) is 0. The number of primary amides is 1. The zero-order valence-electron chi connectivity index (χ0n) is 15.1. The molecule has 3 rings (SSSR count). The molecule has 1 heterocycles. The summed E-state index contributed by atoms with van der Waals surface area (Å²) >= 11 is 1.63. The van der Waals surface area contributed by atoms with Crippen LogP contribution in [0.5, 0.6) is 0 Å². The first-order valence-corrected chi connectivity index (χ1v) is 10.2. The van der Waals surface area contributed by atoms with Crippen molar-refractivity contribution in [3.63, 3.8) is 0 Å². The number of aryl methyl sites for hydroxylation is 2. The van der Waals surface area contributed by atoms with Crippen molar-refractivity contribution in [2.24, 2.45) is 5.73 Å². The normalized spacial score (nSPS) is 14.2. The van der Waals surface area contributed by atoms with Crippen LogP contribution >= 0.6 is 11.3 Å². The molecule has 0 saturated carbocycles. The third-order valence-corrected chi connectivity index (χ3v) is 6.06. The van der Waals surface area contributed by atoms with Crippen LogP contribution in [0, 0.1) is 0 Å². The molecule has 1 aromatic carbocycles. The number of rotatable bonds is 6. The summed E-state index contributed by atoms with van der Waals surface area (Å²) in [6, 6.07) is 12.0. The van der Waals surface area contributed by atoms with Gasteiger partial charge in [-0.25, -0.2) is 0 Å².